The third-order valence-electron chi connectivity index (χ3n) is 2.85. The van der Waals surface area contributed by atoms with Crippen LogP contribution < -0.4 is 5.73 Å². The molecule has 0 aliphatic heterocycles. The van der Waals surface area contributed by atoms with E-state index in [1.165, 1.54) is 0 Å². The van der Waals surface area contributed by atoms with Crippen LogP contribution in [0.3, 0.4) is 0 Å². The Morgan fingerprint density at radius 2 is 2.15 bits per heavy atom. The summed E-state index contributed by atoms with van der Waals surface area (Å²) in [6, 6.07) is 2.84. The lowest BCUT2D eigenvalue weighted by Crippen LogP contribution is -2.22. The van der Waals surface area contributed by atoms with Crippen LogP contribution in [0.4, 0.5) is 5.82 Å². The second kappa shape index (κ2) is 6.01. The Balaban J connectivity index is 2.15. The van der Waals surface area contributed by atoms with Gasteiger partial charge in [0.25, 0.3) is 0 Å². The molecule has 0 atom stereocenters. The van der Waals surface area contributed by atoms with Crippen molar-refractivity contribution < 1.29 is 4.74 Å². The Morgan fingerprint density at radius 3 is 2.80 bits per heavy atom. The van der Waals surface area contributed by atoms with Crippen molar-refractivity contribution in [2.75, 3.05) is 12.3 Å². The molecule has 20 heavy (non-hydrogen) atoms. The second-order valence-corrected chi connectivity index (χ2v) is 12.7. The van der Waals surface area contributed by atoms with Crippen LogP contribution in [-0.2, 0) is 11.5 Å². The van der Waals surface area contributed by atoms with E-state index in [0.717, 1.165) is 22.6 Å². The number of rotatable bonds is 5. The zero-order chi connectivity index (χ0) is 14.9. The Kier molecular flexibility index (Phi) is 4.73. The predicted octanol–water partition coefficient (Wildman–Crippen LogP) is 3.74. The van der Waals surface area contributed by atoms with Crippen LogP contribution in [-0.4, -0.2) is 29.4 Å². The molecule has 0 radical (unpaired) electrons. The molecule has 0 fully saturated rings. The summed E-state index contributed by atoms with van der Waals surface area (Å²) in [4.78, 5) is 4.20. The topological polar surface area (TPSA) is 66.0 Å². The number of halogens is 2. The lowest BCUT2D eigenvalue weighted by molar-refractivity contribution is 0.0818. The fourth-order valence-electron chi connectivity index (χ4n) is 1.75. The van der Waals surface area contributed by atoms with Gasteiger partial charge in [-0.25, -0.2) is 9.67 Å². The van der Waals surface area contributed by atoms with E-state index >= 15 is 0 Å². The molecule has 2 rings (SSSR count). The monoisotopic (exact) mass is 376 g/mol. The molecule has 2 aromatic rings. The molecule has 5 nitrogen and oxygen atoms in total. The van der Waals surface area contributed by atoms with Crippen LogP contribution in [0.5, 0.6) is 0 Å². The lowest BCUT2D eigenvalue weighted by atomic mass is 10.4. The number of nitrogen functional groups attached to an aromatic ring is 1. The van der Waals surface area contributed by atoms with Gasteiger partial charge in [0.2, 0.25) is 0 Å². The lowest BCUT2D eigenvalue weighted by Gasteiger charge is -2.15. The fourth-order valence-corrected chi connectivity index (χ4v) is 3.44. The molecule has 0 bridgehead atoms. The molecule has 2 N–H and O–H groups in total. The van der Waals surface area contributed by atoms with Gasteiger partial charge in [-0.2, -0.15) is 5.10 Å². The molecule has 0 aromatic carbocycles. The van der Waals surface area contributed by atoms with Crippen LogP contribution in [0.25, 0.3) is 11.0 Å². The molecular formula is C12H18BrClN4OSi. The van der Waals surface area contributed by atoms with Crippen molar-refractivity contribution in [1.29, 1.82) is 0 Å². The van der Waals surface area contributed by atoms with E-state index in [-0.39, 0.29) is 0 Å². The summed E-state index contributed by atoms with van der Waals surface area (Å²) in [7, 11) is -1.08. The Morgan fingerprint density at radius 1 is 1.45 bits per heavy atom. The van der Waals surface area contributed by atoms with Gasteiger partial charge in [0.05, 0.1) is 0 Å². The number of hydrogen-bond acceptors (Lipinski definition) is 4. The molecule has 2 aromatic heterocycles. The quantitative estimate of drug-likeness (QED) is 0.489. The fraction of sp³-hybridized carbons (Fsp3) is 0.500. The number of anilines is 1. The Hall–Kier alpha value is -0.633. The summed E-state index contributed by atoms with van der Waals surface area (Å²) in [5.74, 6) is 0.358. The van der Waals surface area contributed by atoms with Gasteiger partial charge in [-0.1, -0.05) is 31.2 Å². The van der Waals surface area contributed by atoms with Crippen LogP contribution in [0.1, 0.15) is 0 Å². The number of nitrogens with two attached hydrogens (primary N) is 1. The van der Waals surface area contributed by atoms with Crippen LogP contribution in [0, 0.1) is 0 Å². The first kappa shape index (κ1) is 15.8. The zero-order valence-corrected chi connectivity index (χ0v) is 15.1. The van der Waals surface area contributed by atoms with Crippen LogP contribution in [0.15, 0.2) is 10.5 Å². The number of aromatic nitrogens is 3. The molecule has 8 heteroatoms. The van der Waals surface area contributed by atoms with E-state index in [1.807, 2.05) is 0 Å². The number of ether oxygens (including phenoxy) is 1. The summed E-state index contributed by atoms with van der Waals surface area (Å²) >= 11 is 9.38. The SMILES string of the molecule is C[Si](C)(C)CCOCn1nc(N)c2nc(Cl)cc(Br)c21. The average Bonchev–Trinajstić information content (AvgIpc) is 2.61. The molecule has 0 unspecified atom stereocenters. The standard InChI is InChI=1S/C12H18BrClN4OSi/c1-20(2,3)5-4-19-7-18-11-8(13)6-9(14)16-10(11)12(15)17-18/h6H,4-5,7H2,1-3H3,(H2,15,17). The summed E-state index contributed by atoms with van der Waals surface area (Å²) in [5, 5.41) is 4.64. The minimum absolute atomic E-state index is 0.358. The molecule has 0 saturated heterocycles. The van der Waals surface area contributed by atoms with E-state index in [9.17, 15) is 0 Å². The van der Waals surface area contributed by atoms with Gasteiger partial charge in [-0.15, -0.1) is 0 Å². The van der Waals surface area contributed by atoms with Crippen molar-refractivity contribution in [1.82, 2.24) is 14.8 Å². The maximum atomic E-state index is 5.92. The highest BCUT2D eigenvalue weighted by Crippen LogP contribution is 2.28. The summed E-state index contributed by atoms with van der Waals surface area (Å²) in [5.41, 5.74) is 7.27. The highest BCUT2D eigenvalue weighted by Gasteiger charge is 2.15. The van der Waals surface area contributed by atoms with Gasteiger partial charge >= 0.3 is 0 Å². The third kappa shape index (κ3) is 3.72. The van der Waals surface area contributed by atoms with Crippen molar-refractivity contribution in [3.63, 3.8) is 0 Å². The Bertz CT molecular complexity index is 626. The van der Waals surface area contributed by atoms with E-state index in [2.05, 4.69) is 45.7 Å². The maximum Gasteiger partial charge on any atom is 0.172 e. The average molecular weight is 378 g/mol. The third-order valence-corrected chi connectivity index (χ3v) is 5.36. The van der Waals surface area contributed by atoms with Crippen molar-refractivity contribution in [3.05, 3.63) is 15.7 Å². The summed E-state index contributed by atoms with van der Waals surface area (Å²) < 4.78 is 8.22. The largest absolute Gasteiger partial charge is 0.380 e. The van der Waals surface area contributed by atoms with Crippen LogP contribution in [0.2, 0.25) is 30.8 Å². The van der Waals surface area contributed by atoms with Gasteiger partial charge in [-0.3, -0.25) is 0 Å². The minimum atomic E-state index is -1.08. The maximum absolute atomic E-state index is 5.92. The molecule has 0 spiro atoms. The van der Waals surface area contributed by atoms with Gasteiger partial charge in [0.15, 0.2) is 5.82 Å². The van der Waals surface area contributed by atoms with Crippen molar-refractivity contribution in [3.8, 4) is 0 Å². The van der Waals surface area contributed by atoms with Crippen molar-refractivity contribution in [2.45, 2.75) is 32.4 Å². The van der Waals surface area contributed by atoms with Crippen molar-refractivity contribution >= 4 is 52.5 Å². The van der Waals surface area contributed by atoms with E-state index in [1.54, 1.807) is 10.7 Å². The molecule has 2 heterocycles. The predicted molar refractivity (Wildman–Crippen MR) is 88.8 cm³/mol. The second-order valence-electron chi connectivity index (χ2n) is 5.86. The highest BCUT2D eigenvalue weighted by atomic mass is 79.9. The van der Waals surface area contributed by atoms with E-state index < -0.39 is 8.07 Å². The molecule has 0 aliphatic rings. The van der Waals surface area contributed by atoms with E-state index in [4.69, 9.17) is 22.1 Å². The van der Waals surface area contributed by atoms with Gasteiger partial charge in [0.1, 0.15) is 22.9 Å². The Labute approximate surface area is 132 Å². The first-order chi connectivity index (χ1) is 9.28. The molecule has 0 saturated carbocycles. The van der Waals surface area contributed by atoms with Crippen molar-refractivity contribution in [2.24, 2.45) is 0 Å². The first-order valence-corrected chi connectivity index (χ1v) is 11.2. The molecular weight excluding hydrogens is 360 g/mol. The summed E-state index contributed by atoms with van der Waals surface area (Å²) in [6.45, 7) is 8.05. The van der Waals surface area contributed by atoms with Crippen LogP contribution >= 0.6 is 27.5 Å². The molecule has 0 aliphatic carbocycles. The van der Waals surface area contributed by atoms with Gasteiger partial charge < -0.3 is 10.5 Å². The van der Waals surface area contributed by atoms with Gasteiger partial charge in [0, 0.05) is 19.2 Å². The number of hydrogen-bond donors (Lipinski definition) is 1. The smallest absolute Gasteiger partial charge is 0.172 e. The molecule has 0 amide bonds. The number of pyridine rings is 1. The zero-order valence-electron chi connectivity index (χ0n) is 11.8. The first-order valence-electron chi connectivity index (χ1n) is 6.34. The molecule has 110 valence electrons. The van der Waals surface area contributed by atoms with E-state index in [0.29, 0.717) is 23.2 Å². The highest BCUT2D eigenvalue weighted by molar-refractivity contribution is 9.10. The number of nitrogens with zero attached hydrogens (tertiary/aromatic N) is 3. The van der Waals surface area contributed by atoms with Gasteiger partial charge in [-0.05, 0) is 28.0 Å². The normalized spacial score (nSPS) is 12.2. The minimum Gasteiger partial charge on any atom is -0.380 e. The number of fused-ring (bicyclic) bond motifs is 1. The summed E-state index contributed by atoms with van der Waals surface area (Å²) in [6.07, 6.45) is 0.